The SMILES string of the molecule is Cc1cccc(SCc2nc(O)c(I)c(=O)[nH]2)c1. The van der Waals surface area contributed by atoms with Gasteiger partial charge in [-0.2, -0.15) is 4.98 Å². The molecule has 4 nitrogen and oxygen atoms in total. The zero-order valence-corrected chi connectivity index (χ0v) is 12.6. The van der Waals surface area contributed by atoms with E-state index in [1.165, 1.54) is 5.56 Å². The molecule has 0 radical (unpaired) electrons. The van der Waals surface area contributed by atoms with Gasteiger partial charge in [0.15, 0.2) is 0 Å². The third kappa shape index (κ3) is 3.26. The van der Waals surface area contributed by atoms with Crippen molar-refractivity contribution in [1.29, 1.82) is 0 Å². The molecule has 1 aromatic carbocycles. The van der Waals surface area contributed by atoms with Crippen molar-refractivity contribution in [3.63, 3.8) is 0 Å². The van der Waals surface area contributed by atoms with Gasteiger partial charge in [0, 0.05) is 4.90 Å². The Bertz CT molecular complexity index is 628. The van der Waals surface area contributed by atoms with Crippen LogP contribution in [0.4, 0.5) is 0 Å². The van der Waals surface area contributed by atoms with Crippen LogP contribution < -0.4 is 5.56 Å². The lowest BCUT2D eigenvalue weighted by Gasteiger charge is -2.03. The van der Waals surface area contributed by atoms with E-state index in [-0.39, 0.29) is 15.0 Å². The van der Waals surface area contributed by atoms with Crippen molar-refractivity contribution in [3.8, 4) is 5.88 Å². The summed E-state index contributed by atoms with van der Waals surface area (Å²) in [6.45, 7) is 2.03. The molecule has 0 aliphatic rings. The molecule has 94 valence electrons. The van der Waals surface area contributed by atoms with Crippen LogP contribution in [0.3, 0.4) is 0 Å². The molecule has 2 N–H and O–H groups in total. The number of hydrogen-bond acceptors (Lipinski definition) is 4. The molecule has 0 bridgehead atoms. The number of aromatic hydroxyl groups is 1. The Morgan fingerprint density at radius 2 is 2.28 bits per heavy atom. The van der Waals surface area contributed by atoms with Crippen LogP contribution in [-0.2, 0) is 5.75 Å². The van der Waals surface area contributed by atoms with Crippen molar-refractivity contribution >= 4 is 34.4 Å². The average molecular weight is 374 g/mol. The van der Waals surface area contributed by atoms with Gasteiger partial charge >= 0.3 is 0 Å². The van der Waals surface area contributed by atoms with Gasteiger partial charge in [-0.1, -0.05) is 17.7 Å². The van der Waals surface area contributed by atoms with Crippen LogP contribution in [0.5, 0.6) is 5.88 Å². The summed E-state index contributed by atoms with van der Waals surface area (Å²) in [5.74, 6) is 0.784. The number of halogens is 1. The van der Waals surface area contributed by atoms with E-state index >= 15 is 0 Å². The van der Waals surface area contributed by atoms with E-state index in [0.29, 0.717) is 11.6 Å². The Labute approximate surface area is 122 Å². The van der Waals surface area contributed by atoms with Crippen molar-refractivity contribution in [2.45, 2.75) is 17.6 Å². The minimum atomic E-state index is -0.303. The van der Waals surface area contributed by atoms with Crippen LogP contribution in [0.25, 0.3) is 0 Å². The van der Waals surface area contributed by atoms with Gasteiger partial charge in [-0.25, -0.2) is 0 Å². The molecule has 0 fully saturated rings. The molecule has 0 spiro atoms. The summed E-state index contributed by atoms with van der Waals surface area (Å²) < 4.78 is 0.219. The topological polar surface area (TPSA) is 66.0 Å². The molecular formula is C12H11IN2O2S. The number of rotatable bonds is 3. The zero-order valence-electron chi connectivity index (χ0n) is 9.61. The van der Waals surface area contributed by atoms with Gasteiger partial charge in [-0.15, -0.1) is 11.8 Å². The molecule has 18 heavy (non-hydrogen) atoms. The molecule has 2 rings (SSSR count). The standard InChI is InChI=1S/C12H11IN2O2S/c1-7-3-2-4-8(5-7)18-6-9-14-11(16)10(13)12(17)15-9/h2-5H,6H2,1H3,(H2,14,15,16,17). The normalized spacial score (nSPS) is 10.6. The molecular weight excluding hydrogens is 363 g/mol. The third-order valence-corrected chi connectivity index (χ3v) is 4.24. The van der Waals surface area contributed by atoms with Crippen LogP contribution in [-0.4, -0.2) is 15.1 Å². The van der Waals surface area contributed by atoms with Crippen molar-refractivity contribution < 1.29 is 5.11 Å². The second kappa shape index (κ2) is 5.75. The summed E-state index contributed by atoms with van der Waals surface area (Å²) in [4.78, 5) is 19.1. The number of benzene rings is 1. The molecule has 2 aromatic rings. The van der Waals surface area contributed by atoms with Crippen LogP contribution in [0.15, 0.2) is 34.0 Å². The Kier molecular flexibility index (Phi) is 4.28. The van der Waals surface area contributed by atoms with E-state index in [9.17, 15) is 9.90 Å². The Hall–Kier alpha value is -1.02. The van der Waals surface area contributed by atoms with E-state index < -0.39 is 0 Å². The van der Waals surface area contributed by atoms with Gasteiger partial charge in [0.2, 0.25) is 5.88 Å². The quantitative estimate of drug-likeness (QED) is 0.641. The monoisotopic (exact) mass is 374 g/mol. The highest BCUT2D eigenvalue weighted by Gasteiger charge is 2.07. The number of aromatic amines is 1. The minimum Gasteiger partial charge on any atom is -0.492 e. The maximum absolute atomic E-state index is 11.5. The van der Waals surface area contributed by atoms with Crippen molar-refractivity contribution in [2.24, 2.45) is 0 Å². The fourth-order valence-corrected chi connectivity index (χ4v) is 2.56. The smallest absolute Gasteiger partial charge is 0.268 e. The van der Waals surface area contributed by atoms with Crippen molar-refractivity contribution in [1.82, 2.24) is 9.97 Å². The first-order valence-corrected chi connectivity index (χ1v) is 7.30. The van der Waals surface area contributed by atoms with Gasteiger partial charge in [-0.3, -0.25) is 4.79 Å². The third-order valence-electron chi connectivity index (χ3n) is 2.26. The van der Waals surface area contributed by atoms with E-state index in [1.807, 2.05) is 25.1 Å². The first-order valence-electron chi connectivity index (χ1n) is 5.23. The van der Waals surface area contributed by atoms with Crippen molar-refractivity contribution in [2.75, 3.05) is 0 Å². The Morgan fingerprint density at radius 3 is 2.94 bits per heavy atom. The maximum atomic E-state index is 11.5. The van der Waals surface area contributed by atoms with Crippen LogP contribution in [0.2, 0.25) is 0 Å². The summed E-state index contributed by atoms with van der Waals surface area (Å²) >= 11 is 3.33. The lowest BCUT2D eigenvalue weighted by molar-refractivity contribution is 0.444. The van der Waals surface area contributed by atoms with Gasteiger partial charge < -0.3 is 10.1 Å². The molecule has 0 saturated carbocycles. The molecule has 0 amide bonds. The zero-order chi connectivity index (χ0) is 13.1. The highest BCUT2D eigenvalue weighted by Crippen LogP contribution is 2.22. The second-order valence-electron chi connectivity index (χ2n) is 3.76. The van der Waals surface area contributed by atoms with Crippen molar-refractivity contribution in [3.05, 3.63) is 49.6 Å². The molecule has 1 aromatic heterocycles. The summed E-state index contributed by atoms with van der Waals surface area (Å²) in [6, 6.07) is 8.08. The molecule has 0 aliphatic carbocycles. The molecule has 0 aliphatic heterocycles. The average Bonchev–Trinajstić information content (AvgIpc) is 2.33. The van der Waals surface area contributed by atoms with Crippen LogP contribution in [0, 0.1) is 10.5 Å². The summed E-state index contributed by atoms with van der Waals surface area (Å²) in [5, 5.41) is 9.47. The molecule has 0 saturated heterocycles. The van der Waals surface area contributed by atoms with E-state index in [2.05, 4.69) is 16.0 Å². The fraction of sp³-hybridized carbons (Fsp3) is 0.167. The summed E-state index contributed by atoms with van der Waals surface area (Å²) in [5.41, 5.74) is 0.884. The maximum Gasteiger partial charge on any atom is 0.268 e. The molecule has 0 unspecified atom stereocenters. The summed E-state index contributed by atoms with van der Waals surface area (Å²) in [7, 11) is 0. The molecule has 6 heteroatoms. The largest absolute Gasteiger partial charge is 0.492 e. The number of aromatic nitrogens is 2. The minimum absolute atomic E-state index is 0.209. The Morgan fingerprint density at radius 1 is 1.50 bits per heavy atom. The van der Waals surface area contributed by atoms with Gasteiger partial charge in [-0.05, 0) is 41.6 Å². The summed E-state index contributed by atoms with van der Waals surface area (Å²) in [6.07, 6.45) is 0. The number of aryl methyl sites for hydroxylation is 1. The lowest BCUT2D eigenvalue weighted by atomic mass is 10.2. The first kappa shape index (κ1) is 13.4. The number of nitrogens with zero attached hydrogens (tertiary/aromatic N) is 1. The van der Waals surface area contributed by atoms with E-state index in [1.54, 1.807) is 34.4 Å². The van der Waals surface area contributed by atoms with Crippen LogP contribution >= 0.6 is 34.4 Å². The van der Waals surface area contributed by atoms with Gasteiger partial charge in [0.25, 0.3) is 5.56 Å². The highest BCUT2D eigenvalue weighted by atomic mass is 127. The Balaban J connectivity index is 2.14. The number of hydrogen-bond donors (Lipinski definition) is 2. The highest BCUT2D eigenvalue weighted by molar-refractivity contribution is 14.1. The van der Waals surface area contributed by atoms with E-state index in [4.69, 9.17) is 0 Å². The first-order chi connectivity index (χ1) is 8.56. The van der Waals surface area contributed by atoms with E-state index in [0.717, 1.165) is 4.90 Å². The number of H-pyrrole nitrogens is 1. The fourth-order valence-electron chi connectivity index (χ4n) is 1.42. The lowest BCUT2D eigenvalue weighted by Crippen LogP contribution is -2.13. The second-order valence-corrected chi connectivity index (χ2v) is 5.88. The predicted molar refractivity (Wildman–Crippen MR) is 80.0 cm³/mol. The number of nitrogens with one attached hydrogen (secondary N) is 1. The number of thioether (sulfide) groups is 1. The van der Waals surface area contributed by atoms with Gasteiger partial charge in [0.05, 0.1) is 5.75 Å². The molecule has 0 atom stereocenters. The molecule has 1 heterocycles. The van der Waals surface area contributed by atoms with Crippen LogP contribution in [0.1, 0.15) is 11.4 Å². The van der Waals surface area contributed by atoms with Gasteiger partial charge in [0.1, 0.15) is 9.39 Å². The predicted octanol–water partition coefficient (Wildman–Crippen LogP) is 2.68.